The van der Waals surface area contributed by atoms with E-state index in [0.717, 1.165) is 12.3 Å². The number of carboxylic acid groups (broad SMARTS) is 1. The van der Waals surface area contributed by atoms with Gasteiger partial charge in [0, 0.05) is 51.2 Å². The van der Waals surface area contributed by atoms with Crippen molar-refractivity contribution in [2.45, 2.75) is 24.6 Å². The molecule has 1 atom stereocenters. The fourth-order valence-electron chi connectivity index (χ4n) is 5.55. The number of halogens is 5. The van der Waals surface area contributed by atoms with Crippen molar-refractivity contribution in [3.05, 3.63) is 69.3 Å². The van der Waals surface area contributed by atoms with E-state index in [0.29, 0.717) is 11.1 Å². The maximum Gasteiger partial charge on any atom is 0.408 e. The first-order valence-electron chi connectivity index (χ1n) is 12.7. The lowest BCUT2D eigenvalue weighted by Crippen LogP contribution is -2.55. The number of anilines is 2. The molecule has 218 valence electrons. The summed E-state index contributed by atoms with van der Waals surface area (Å²) in [5.74, 6) is -3.80. The molecule has 0 unspecified atom stereocenters. The van der Waals surface area contributed by atoms with Crippen LogP contribution in [0.1, 0.15) is 27.9 Å². The molecule has 1 saturated heterocycles. The molecular weight excluding hydrogens is 565 g/mol. The first-order valence-corrected chi connectivity index (χ1v) is 12.7. The highest BCUT2D eigenvalue weighted by Gasteiger charge is 2.55. The molecule has 1 aliphatic heterocycles. The van der Waals surface area contributed by atoms with Gasteiger partial charge in [0.25, 0.3) is 0 Å². The number of nitrogens with zero attached hydrogens (tertiary/aromatic N) is 3. The average Bonchev–Trinajstić information content (AvgIpc) is 3.53. The second-order valence-corrected chi connectivity index (χ2v) is 10.3. The zero-order valence-corrected chi connectivity index (χ0v) is 21.8. The Morgan fingerprint density at radius 2 is 1.93 bits per heavy atom. The van der Waals surface area contributed by atoms with Crippen LogP contribution in [0.15, 0.2) is 35.5 Å². The van der Waals surface area contributed by atoms with Gasteiger partial charge in [-0.25, -0.2) is 23.5 Å². The van der Waals surface area contributed by atoms with Gasteiger partial charge in [-0.1, -0.05) is 0 Å². The monoisotopic (exact) mass is 587 g/mol. The predicted molar refractivity (Wildman–Crippen MR) is 145 cm³/mol. The first-order chi connectivity index (χ1) is 19.8. The van der Waals surface area contributed by atoms with Gasteiger partial charge in [0.15, 0.2) is 11.6 Å². The largest absolute Gasteiger partial charge is 0.477 e. The molecule has 1 fully saturated rings. The van der Waals surface area contributed by atoms with Crippen molar-refractivity contribution >= 4 is 50.3 Å². The fraction of sp³-hybridized carbons (Fsp3) is 0.259. The van der Waals surface area contributed by atoms with E-state index >= 15 is 4.39 Å². The van der Waals surface area contributed by atoms with Gasteiger partial charge in [0.2, 0.25) is 5.43 Å². The van der Waals surface area contributed by atoms with Crippen LogP contribution in [-0.2, 0) is 6.42 Å². The molecule has 1 aromatic carbocycles. The third-order valence-corrected chi connectivity index (χ3v) is 7.70. The average molecular weight is 588 g/mol. The molecule has 0 saturated carbocycles. The van der Waals surface area contributed by atoms with Gasteiger partial charge >= 0.3 is 12.1 Å². The number of H-pyrrole nitrogens is 2. The quantitative estimate of drug-likeness (QED) is 0.193. The lowest BCUT2D eigenvalue weighted by atomic mass is 9.99. The van der Waals surface area contributed by atoms with Crippen molar-refractivity contribution < 1.29 is 31.9 Å². The first kappa shape index (κ1) is 27.4. The molecule has 42 heavy (non-hydrogen) atoms. The van der Waals surface area contributed by atoms with Crippen molar-refractivity contribution in [1.29, 1.82) is 0 Å². The zero-order valence-electron chi connectivity index (χ0n) is 21.8. The number of pyridine rings is 3. The summed E-state index contributed by atoms with van der Waals surface area (Å²) in [6, 6.07) is 2.38. The van der Waals surface area contributed by atoms with Crippen LogP contribution < -0.4 is 21.4 Å². The van der Waals surface area contributed by atoms with E-state index in [2.05, 4.69) is 25.3 Å². The maximum atomic E-state index is 15.4. The Balaban J connectivity index is 1.59. The number of aromatic carboxylic acids is 1. The summed E-state index contributed by atoms with van der Waals surface area (Å²) in [5, 5.41) is 12.0. The normalized spacial score (nSPS) is 17.5. The van der Waals surface area contributed by atoms with E-state index < -0.39 is 53.3 Å². The second-order valence-electron chi connectivity index (χ2n) is 10.3. The third kappa shape index (κ3) is 4.10. The van der Waals surface area contributed by atoms with Crippen molar-refractivity contribution in [2.24, 2.45) is 5.73 Å². The van der Waals surface area contributed by atoms with Gasteiger partial charge in [-0.3, -0.25) is 4.79 Å². The van der Waals surface area contributed by atoms with Crippen LogP contribution in [0.4, 0.5) is 33.3 Å². The Morgan fingerprint density at radius 1 is 1.19 bits per heavy atom. The Kier molecular flexibility index (Phi) is 6.11. The maximum absolute atomic E-state index is 15.4. The number of carbonyl (C=O) groups is 1. The van der Waals surface area contributed by atoms with Crippen molar-refractivity contribution in [3.8, 4) is 0 Å². The molecule has 0 amide bonds. The minimum absolute atomic E-state index is 0.0129. The van der Waals surface area contributed by atoms with Crippen LogP contribution in [0.5, 0.6) is 0 Å². The van der Waals surface area contributed by atoms with Gasteiger partial charge in [-0.2, -0.15) is 13.2 Å². The van der Waals surface area contributed by atoms with E-state index in [1.807, 2.05) is 0 Å². The highest BCUT2D eigenvalue weighted by atomic mass is 19.4. The summed E-state index contributed by atoms with van der Waals surface area (Å²) in [6.45, 7) is -0.787. The van der Waals surface area contributed by atoms with Crippen LogP contribution in [0.25, 0.3) is 33.0 Å². The molecule has 5 heterocycles. The van der Waals surface area contributed by atoms with Crippen molar-refractivity contribution in [2.75, 3.05) is 30.4 Å². The standard InChI is InChI=1S/C27H22F5N7O3/c1-34-16-6-15(28)19(29)17-18-21(39-3-2-26(33,10-39)27(30,31)32)12(8-36-24(18)38-20(16)17)4-11-5-13-22(40)14(25(41)42)9-37-23(13)35-7-11/h5-9,34H,2-4,10,33H2,1H3,(H,36,38)(H,41,42)(H,35,37,40)/t26-/m1/s1. The summed E-state index contributed by atoms with van der Waals surface area (Å²) >= 11 is 0. The summed E-state index contributed by atoms with van der Waals surface area (Å²) in [4.78, 5) is 39.8. The van der Waals surface area contributed by atoms with E-state index in [-0.39, 0.29) is 57.3 Å². The molecule has 0 radical (unpaired) electrons. The van der Waals surface area contributed by atoms with Crippen LogP contribution in [-0.4, -0.2) is 62.9 Å². The predicted octanol–water partition coefficient (Wildman–Crippen LogP) is 4.03. The smallest absolute Gasteiger partial charge is 0.408 e. The highest BCUT2D eigenvalue weighted by molar-refractivity contribution is 6.16. The number of carboxylic acids is 1. The number of hydrogen-bond donors (Lipinski definition) is 5. The number of aromatic amines is 2. The van der Waals surface area contributed by atoms with Gasteiger partial charge in [-0.15, -0.1) is 0 Å². The summed E-state index contributed by atoms with van der Waals surface area (Å²) < 4.78 is 71.8. The minimum Gasteiger partial charge on any atom is -0.477 e. The molecule has 4 aromatic heterocycles. The van der Waals surface area contributed by atoms with E-state index in [1.165, 1.54) is 30.4 Å². The van der Waals surface area contributed by atoms with E-state index in [9.17, 15) is 32.3 Å². The lowest BCUT2D eigenvalue weighted by Gasteiger charge is -2.29. The number of nitrogens with one attached hydrogen (secondary N) is 3. The van der Waals surface area contributed by atoms with Crippen molar-refractivity contribution in [1.82, 2.24) is 19.9 Å². The lowest BCUT2D eigenvalue weighted by molar-refractivity contribution is -0.179. The Labute approximate surface area is 232 Å². The van der Waals surface area contributed by atoms with E-state index in [4.69, 9.17) is 5.73 Å². The number of hydrogen-bond acceptors (Lipinski definition) is 7. The van der Waals surface area contributed by atoms with Crippen LogP contribution in [0.3, 0.4) is 0 Å². The molecule has 15 heteroatoms. The van der Waals surface area contributed by atoms with Crippen LogP contribution in [0.2, 0.25) is 0 Å². The Morgan fingerprint density at radius 3 is 2.60 bits per heavy atom. The van der Waals surface area contributed by atoms with Crippen LogP contribution >= 0.6 is 0 Å². The van der Waals surface area contributed by atoms with Crippen LogP contribution in [0, 0.1) is 11.6 Å². The Bertz CT molecular complexity index is 1990. The molecule has 5 aromatic rings. The summed E-state index contributed by atoms with van der Waals surface area (Å²) in [5.41, 5.74) is 3.51. The molecule has 0 aliphatic carbocycles. The summed E-state index contributed by atoms with van der Waals surface area (Å²) in [6.07, 6.45) is -1.37. The minimum atomic E-state index is -4.73. The number of alkyl halides is 3. The van der Waals surface area contributed by atoms with Gasteiger partial charge < -0.3 is 31.0 Å². The zero-order chi connectivity index (χ0) is 30.1. The third-order valence-electron chi connectivity index (χ3n) is 7.70. The van der Waals surface area contributed by atoms with Crippen molar-refractivity contribution in [3.63, 3.8) is 0 Å². The van der Waals surface area contributed by atoms with Gasteiger partial charge in [0.05, 0.1) is 33.1 Å². The fourth-order valence-corrected chi connectivity index (χ4v) is 5.55. The number of rotatable bonds is 5. The number of nitrogens with two attached hydrogens (primary N) is 1. The second kappa shape index (κ2) is 9.37. The highest BCUT2D eigenvalue weighted by Crippen LogP contribution is 2.44. The molecule has 0 bridgehead atoms. The number of benzene rings is 1. The Hall–Kier alpha value is -4.79. The van der Waals surface area contributed by atoms with Gasteiger partial charge in [-0.05, 0) is 23.6 Å². The van der Waals surface area contributed by atoms with E-state index in [1.54, 1.807) is 0 Å². The molecule has 10 nitrogen and oxygen atoms in total. The number of aromatic nitrogens is 4. The molecule has 1 aliphatic rings. The number of fused-ring (bicyclic) bond motifs is 4. The van der Waals surface area contributed by atoms with Gasteiger partial charge in [0.1, 0.15) is 22.4 Å². The summed E-state index contributed by atoms with van der Waals surface area (Å²) in [7, 11) is 1.51. The molecular formula is C27H22F5N7O3. The topological polar surface area (TPSA) is 153 Å². The molecule has 6 rings (SSSR count). The molecule has 6 N–H and O–H groups in total. The molecule has 0 spiro atoms. The SMILES string of the molecule is CNc1cc(F)c(F)c2c1[nH]c1ncc(Cc3cnc4[nH]cc(C(=O)O)c(=O)c4c3)c(N3CC[C@](N)(C(F)(F)F)C3)c12.